The predicted molar refractivity (Wildman–Crippen MR) is 116 cm³/mol. The average Bonchev–Trinajstić information content (AvgIpc) is 3.54. The predicted octanol–water partition coefficient (Wildman–Crippen LogP) is 4.98. The van der Waals surface area contributed by atoms with Crippen LogP contribution in [0.25, 0.3) is 6.08 Å². The molecule has 150 valence electrons. The monoisotopic (exact) mass is 399 g/mol. The van der Waals surface area contributed by atoms with Crippen molar-refractivity contribution < 1.29 is 9.18 Å². The van der Waals surface area contributed by atoms with Crippen molar-refractivity contribution in [1.29, 1.82) is 0 Å². The molecule has 2 aliphatic carbocycles. The van der Waals surface area contributed by atoms with Gasteiger partial charge in [-0.2, -0.15) is 4.68 Å². The fourth-order valence-corrected chi connectivity index (χ4v) is 4.20. The van der Waals surface area contributed by atoms with Gasteiger partial charge in [-0.05, 0) is 42.2 Å². The number of nitrogens with one attached hydrogen (secondary N) is 1. The second-order valence-corrected chi connectivity index (χ2v) is 7.94. The lowest BCUT2D eigenvalue weighted by atomic mass is 9.68. The van der Waals surface area contributed by atoms with Crippen LogP contribution in [0.4, 0.5) is 10.2 Å². The highest BCUT2D eigenvalue weighted by atomic mass is 19.1. The number of hydrogen-bond acceptors (Lipinski definition) is 3. The van der Waals surface area contributed by atoms with Gasteiger partial charge < -0.3 is 5.32 Å². The summed E-state index contributed by atoms with van der Waals surface area (Å²) in [5, 5.41) is 8.02. The van der Waals surface area contributed by atoms with E-state index in [1.807, 2.05) is 36.4 Å². The summed E-state index contributed by atoms with van der Waals surface area (Å²) in [7, 11) is 0. The minimum atomic E-state index is -0.530. The summed E-state index contributed by atoms with van der Waals surface area (Å²) in [5.41, 5.74) is 3.28. The van der Waals surface area contributed by atoms with E-state index >= 15 is 0 Å². The second kappa shape index (κ2) is 7.10. The van der Waals surface area contributed by atoms with Crippen LogP contribution in [-0.4, -0.2) is 21.7 Å². The number of rotatable bonds is 5. The highest BCUT2D eigenvalue weighted by molar-refractivity contribution is 5.91. The van der Waals surface area contributed by atoms with Crippen molar-refractivity contribution in [2.45, 2.75) is 30.7 Å². The van der Waals surface area contributed by atoms with Crippen molar-refractivity contribution in [3.8, 4) is 0 Å². The number of aromatic nitrogens is 2. The minimum Gasteiger partial charge on any atom is -0.365 e. The number of hydrogen-bond donors (Lipinski definition) is 1. The van der Waals surface area contributed by atoms with E-state index in [-0.39, 0.29) is 11.7 Å². The average molecular weight is 399 g/mol. The van der Waals surface area contributed by atoms with E-state index in [0.29, 0.717) is 12.5 Å². The first-order chi connectivity index (χ1) is 14.6. The molecule has 0 saturated heterocycles. The van der Waals surface area contributed by atoms with Crippen LogP contribution in [-0.2, 0) is 11.8 Å². The van der Waals surface area contributed by atoms with Crippen LogP contribution in [0.15, 0.2) is 73.3 Å². The smallest absolute Gasteiger partial charge is 0.270 e. The first kappa shape index (κ1) is 18.6. The largest absolute Gasteiger partial charge is 0.365 e. The second-order valence-electron chi connectivity index (χ2n) is 7.94. The van der Waals surface area contributed by atoms with Gasteiger partial charge in [-0.3, -0.25) is 4.79 Å². The Morgan fingerprint density at radius 3 is 2.50 bits per heavy atom. The van der Waals surface area contributed by atoms with Gasteiger partial charge in [0, 0.05) is 23.4 Å². The molecule has 5 rings (SSSR count). The number of halogens is 1. The third-order valence-corrected chi connectivity index (χ3v) is 5.95. The molecule has 0 amide bonds. The summed E-state index contributed by atoms with van der Waals surface area (Å²) in [6.07, 6.45) is 8.25. The minimum absolute atomic E-state index is 0.258. The molecule has 0 aliphatic heterocycles. The molecule has 2 aromatic carbocycles. The van der Waals surface area contributed by atoms with Gasteiger partial charge in [0.05, 0.1) is 5.69 Å². The maximum absolute atomic E-state index is 13.7. The SMILES string of the molecule is C=CC(=O)n1nc(NC2CC2)c2c1CC(c1ccccc1)(c1ccc(F)cc1)C=C2. The summed E-state index contributed by atoms with van der Waals surface area (Å²) in [4.78, 5) is 12.6. The Labute approximate surface area is 174 Å². The lowest BCUT2D eigenvalue weighted by Gasteiger charge is -2.35. The number of carbonyl (C=O) groups excluding carboxylic acids is 1. The van der Waals surface area contributed by atoms with E-state index in [0.717, 1.165) is 41.0 Å². The highest BCUT2D eigenvalue weighted by Crippen LogP contribution is 2.43. The van der Waals surface area contributed by atoms with Crippen molar-refractivity contribution in [2.75, 3.05) is 5.32 Å². The number of allylic oxidation sites excluding steroid dienone is 2. The third kappa shape index (κ3) is 3.07. The molecule has 30 heavy (non-hydrogen) atoms. The first-order valence-corrected chi connectivity index (χ1v) is 10.2. The summed E-state index contributed by atoms with van der Waals surface area (Å²) < 4.78 is 15.1. The van der Waals surface area contributed by atoms with Crippen molar-refractivity contribution in [3.05, 3.63) is 102 Å². The number of nitrogens with zero attached hydrogens (tertiary/aromatic N) is 2. The molecule has 0 spiro atoms. The van der Waals surface area contributed by atoms with Gasteiger partial charge in [0.15, 0.2) is 5.82 Å². The van der Waals surface area contributed by atoms with Gasteiger partial charge in [0.25, 0.3) is 5.91 Å². The van der Waals surface area contributed by atoms with Crippen LogP contribution >= 0.6 is 0 Å². The fraction of sp³-hybridized carbons (Fsp3) is 0.200. The molecular formula is C25H22FN3O. The van der Waals surface area contributed by atoms with Crippen molar-refractivity contribution >= 4 is 17.8 Å². The number of benzene rings is 2. The van der Waals surface area contributed by atoms with Crippen molar-refractivity contribution in [1.82, 2.24) is 9.78 Å². The molecule has 1 N–H and O–H groups in total. The van der Waals surface area contributed by atoms with Gasteiger partial charge >= 0.3 is 0 Å². The Bertz CT molecular complexity index is 1140. The lowest BCUT2D eigenvalue weighted by molar-refractivity contribution is 0.0950. The summed E-state index contributed by atoms with van der Waals surface area (Å²) in [6.45, 7) is 3.64. The molecular weight excluding hydrogens is 377 g/mol. The summed E-state index contributed by atoms with van der Waals surface area (Å²) >= 11 is 0. The zero-order valence-electron chi connectivity index (χ0n) is 16.5. The van der Waals surface area contributed by atoms with E-state index in [1.165, 1.54) is 22.9 Å². The molecule has 4 nitrogen and oxygen atoms in total. The van der Waals surface area contributed by atoms with E-state index < -0.39 is 5.41 Å². The molecule has 3 aromatic rings. The van der Waals surface area contributed by atoms with Gasteiger partial charge in [-0.15, -0.1) is 5.10 Å². The van der Waals surface area contributed by atoms with E-state index in [4.69, 9.17) is 0 Å². The molecule has 2 aliphatic rings. The Morgan fingerprint density at radius 2 is 1.83 bits per heavy atom. The van der Waals surface area contributed by atoms with Crippen LogP contribution in [0.2, 0.25) is 0 Å². The molecule has 1 aromatic heterocycles. The molecule has 1 atom stereocenters. The van der Waals surface area contributed by atoms with Crippen LogP contribution in [0.5, 0.6) is 0 Å². The Hall–Kier alpha value is -3.47. The van der Waals surface area contributed by atoms with E-state index in [2.05, 4.69) is 35.2 Å². The fourth-order valence-electron chi connectivity index (χ4n) is 4.20. The van der Waals surface area contributed by atoms with Crippen LogP contribution in [0, 0.1) is 5.82 Å². The maximum Gasteiger partial charge on any atom is 0.270 e. The highest BCUT2D eigenvalue weighted by Gasteiger charge is 2.39. The quantitative estimate of drug-likeness (QED) is 0.616. The van der Waals surface area contributed by atoms with Crippen molar-refractivity contribution in [3.63, 3.8) is 0 Å². The standard InChI is InChI=1S/C25H22FN3O/c1-2-23(30)29-22-16-25(17-6-4-3-5-7-17,18-8-10-19(26)11-9-18)15-14-21(22)24(28-29)27-20-12-13-20/h2-11,14-15,20H,1,12-13,16H2,(H,27,28). The van der Waals surface area contributed by atoms with Crippen LogP contribution in [0.1, 0.15) is 40.0 Å². The molecule has 0 radical (unpaired) electrons. The third-order valence-electron chi connectivity index (χ3n) is 5.95. The number of fused-ring (bicyclic) bond motifs is 1. The molecule has 5 heteroatoms. The first-order valence-electron chi connectivity index (χ1n) is 10.2. The zero-order chi connectivity index (χ0) is 20.7. The Balaban J connectivity index is 1.69. The van der Waals surface area contributed by atoms with E-state index in [9.17, 15) is 9.18 Å². The Morgan fingerprint density at radius 1 is 1.13 bits per heavy atom. The normalized spacial score (nSPS) is 19.9. The number of carbonyl (C=O) groups is 1. The zero-order valence-corrected chi connectivity index (χ0v) is 16.5. The maximum atomic E-state index is 13.7. The van der Waals surface area contributed by atoms with Gasteiger partial charge in [0.1, 0.15) is 5.82 Å². The molecule has 1 unspecified atom stereocenters. The molecule has 1 saturated carbocycles. The summed E-state index contributed by atoms with van der Waals surface area (Å²) in [5.74, 6) is 0.205. The molecule has 1 heterocycles. The van der Waals surface area contributed by atoms with Gasteiger partial charge in [0.2, 0.25) is 0 Å². The molecule has 0 bridgehead atoms. The van der Waals surface area contributed by atoms with Crippen LogP contribution < -0.4 is 5.32 Å². The van der Waals surface area contributed by atoms with Gasteiger partial charge in [-0.1, -0.05) is 61.2 Å². The Kier molecular flexibility index (Phi) is 4.39. The van der Waals surface area contributed by atoms with Crippen LogP contribution in [0.3, 0.4) is 0 Å². The topological polar surface area (TPSA) is 46.9 Å². The van der Waals surface area contributed by atoms with Crippen molar-refractivity contribution in [2.24, 2.45) is 0 Å². The molecule has 1 fully saturated rings. The summed E-state index contributed by atoms with van der Waals surface area (Å²) in [6, 6.07) is 17.1. The lowest BCUT2D eigenvalue weighted by Crippen LogP contribution is -2.32. The van der Waals surface area contributed by atoms with E-state index in [1.54, 1.807) is 0 Å². The number of anilines is 1. The van der Waals surface area contributed by atoms with Gasteiger partial charge in [-0.25, -0.2) is 4.39 Å².